The molecule has 0 N–H and O–H groups in total. The fourth-order valence-electron chi connectivity index (χ4n) is 2.18. The second kappa shape index (κ2) is 2.98. The minimum Gasteiger partial charge on any atom is -0.285 e. The average molecular weight is 227 g/mol. The van der Waals surface area contributed by atoms with Gasteiger partial charge in [-0.1, -0.05) is 18.2 Å². The third-order valence-electron chi connectivity index (χ3n) is 2.90. The zero-order valence-electron chi connectivity index (χ0n) is 8.47. The Bertz CT molecular complexity index is 718. The number of carbonyl (C=O) groups excluding carboxylic acids is 2. The van der Waals surface area contributed by atoms with E-state index in [2.05, 4.69) is 0 Å². The Morgan fingerprint density at radius 3 is 2.47 bits per heavy atom. The number of carbonyl (C=O) groups is 2. The van der Waals surface area contributed by atoms with Gasteiger partial charge in [0.2, 0.25) is 11.6 Å². The maximum Gasteiger partial charge on any atom is 0.281 e. The van der Waals surface area contributed by atoms with E-state index in [-0.39, 0.29) is 16.8 Å². The van der Waals surface area contributed by atoms with E-state index in [1.807, 2.05) is 0 Å². The fourth-order valence-corrected chi connectivity index (χ4v) is 2.18. The highest BCUT2D eigenvalue weighted by Crippen LogP contribution is 2.36. The second-order valence-electron chi connectivity index (χ2n) is 3.78. The Hall–Kier alpha value is -2.56. The molecule has 17 heavy (non-hydrogen) atoms. The van der Waals surface area contributed by atoms with Gasteiger partial charge in [-0.2, -0.15) is 0 Å². The molecule has 1 aliphatic rings. The van der Waals surface area contributed by atoms with Gasteiger partial charge in [-0.3, -0.25) is 19.7 Å². The van der Waals surface area contributed by atoms with Crippen LogP contribution in [0, 0.1) is 10.1 Å². The minimum atomic E-state index is -0.788. The van der Waals surface area contributed by atoms with Crippen molar-refractivity contribution < 1.29 is 14.5 Å². The van der Waals surface area contributed by atoms with Crippen molar-refractivity contribution in [2.24, 2.45) is 0 Å². The van der Waals surface area contributed by atoms with E-state index >= 15 is 0 Å². The van der Waals surface area contributed by atoms with Gasteiger partial charge >= 0.3 is 0 Å². The largest absolute Gasteiger partial charge is 0.285 e. The van der Waals surface area contributed by atoms with Crippen molar-refractivity contribution >= 4 is 28.0 Å². The molecule has 0 heterocycles. The molecule has 0 bridgehead atoms. The van der Waals surface area contributed by atoms with Gasteiger partial charge in [0.25, 0.3) is 5.69 Å². The summed E-state index contributed by atoms with van der Waals surface area (Å²) in [4.78, 5) is 33.6. The molecular formula is C12H5NO4. The van der Waals surface area contributed by atoms with E-state index in [0.29, 0.717) is 10.8 Å². The summed E-state index contributed by atoms with van der Waals surface area (Å²) in [5.41, 5.74) is -0.125. The van der Waals surface area contributed by atoms with Crippen LogP contribution in [-0.4, -0.2) is 16.5 Å². The number of nitro groups is 1. The summed E-state index contributed by atoms with van der Waals surface area (Å²) in [6.07, 6.45) is 0. The van der Waals surface area contributed by atoms with Crippen LogP contribution in [0.3, 0.4) is 0 Å². The topological polar surface area (TPSA) is 77.3 Å². The van der Waals surface area contributed by atoms with E-state index in [9.17, 15) is 19.7 Å². The molecule has 1 aliphatic carbocycles. The fraction of sp³-hybridized carbons (Fsp3) is 0. The van der Waals surface area contributed by atoms with Gasteiger partial charge < -0.3 is 0 Å². The predicted molar refractivity (Wildman–Crippen MR) is 59.3 cm³/mol. The molecule has 2 aromatic carbocycles. The molecule has 3 rings (SSSR count). The number of Topliss-reactive ketones (excluding diaryl/α,β-unsaturated/α-hetero) is 2. The van der Waals surface area contributed by atoms with Crippen molar-refractivity contribution in [1.82, 2.24) is 0 Å². The summed E-state index contributed by atoms with van der Waals surface area (Å²) in [6, 6.07) is 7.70. The van der Waals surface area contributed by atoms with Crippen LogP contribution in [0.5, 0.6) is 0 Å². The summed E-state index contributed by atoms with van der Waals surface area (Å²) in [6.45, 7) is 0. The molecule has 0 radical (unpaired) electrons. The first kappa shape index (κ1) is 9.65. The second-order valence-corrected chi connectivity index (χ2v) is 3.78. The lowest BCUT2D eigenvalue weighted by atomic mass is 10.0. The van der Waals surface area contributed by atoms with Crippen LogP contribution >= 0.6 is 0 Å². The van der Waals surface area contributed by atoms with Crippen molar-refractivity contribution in [3.63, 3.8) is 0 Å². The number of ketones is 2. The molecule has 0 atom stereocenters. The molecule has 0 amide bonds. The van der Waals surface area contributed by atoms with Crippen LogP contribution in [0.25, 0.3) is 10.8 Å². The van der Waals surface area contributed by atoms with Gasteiger partial charge in [0.1, 0.15) is 5.56 Å². The first-order valence-corrected chi connectivity index (χ1v) is 4.90. The average Bonchev–Trinajstić information content (AvgIpc) is 2.57. The van der Waals surface area contributed by atoms with Crippen molar-refractivity contribution in [2.75, 3.05) is 0 Å². The highest BCUT2D eigenvalue weighted by molar-refractivity contribution is 6.58. The lowest BCUT2D eigenvalue weighted by molar-refractivity contribution is -0.384. The summed E-state index contributed by atoms with van der Waals surface area (Å²) >= 11 is 0. The first-order chi connectivity index (χ1) is 8.11. The summed E-state index contributed by atoms with van der Waals surface area (Å²) in [5, 5.41) is 11.9. The Balaban J connectivity index is 2.56. The zero-order chi connectivity index (χ0) is 12.2. The standard InChI is InChI=1S/C12H5NO4/c14-11-7-3-1-2-6-4-5-8(13(16)17)10(9(6)7)12(11)15/h1-5H. The number of rotatable bonds is 1. The zero-order valence-corrected chi connectivity index (χ0v) is 8.47. The number of benzene rings is 2. The highest BCUT2D eigenvalue weighted by atomic mass is 16.6. The normalized spacial score (nSPS) is 13.4. The molecule has 5 nitrogen and oxygen atoms in total. The molecule has 2 aromatic rings. The summed E-state index contributed by atoms with van der Waals surface area (Å²) < 4.78 is 0. The van der Waals surface area contributed by atoms with Crippen LogP contribution in [-0.2, 0) is 0 Å². The molecule has 0 spiro atoms. The molecule has 0 aliphatic heterocycles. The Morgan fingerprint density at radius 2 is 1.76 bits per heavy atom. The molecule has 0 aromatic heterocycles. The molecule has 0 fully saturated rings. The van der Waals surface area contributed by atoms with Crippen LogP contribution < -0.4 is 0 Å². The summed E-state index contributed by atoms with van der Waals surface area (Å²) in [7, 11) is 0. The Labute approximate surface area is 94.8 Å². The number of hydrogen-bond donors (Lipinski definition) is 0. The SMILES string of the molecule is O=C1C(=O)c2c([N+](=O)[O-])ccc3cccc1c23. The van der Waals surface area contributed by atoms with Crippen LogP contribution in [0.1, 0.15) is 20.7 Å². The molecule has 0 saturated heterocycles. The number of hydrogen-bond acceptors (Lipinski definition) is 4. The van der Waals surface area contributed by atoms with E-state index in [0.717, 1.165) is 0 Å². The molecular weight excluding hydrogens is 222 g/mol. The van der Waals surface area contributed by atoms with Crippen LogP contribution in [0.4, 0.5) is 5.69 Å². The van der Waals surface area contributed by atoms with Crippen molar-refractivity contribution in [2.45, 2.75) is 0 Å². The van der Waals surface area contributed by atoms with Crippen LogP contribution in [0.2, 0.25) is 0 Å². The monoisotopic (exact) mass is 227 g/mol. The number of nitro benzene ring substituents is 1. The van der Waals surface area contributed by atoms with E-state index in [1.54, 1.807) is 18.2 Å². The minimum absolute atomic E-state index is 0.0758. The Morgan fingerprint density at radius 1 is 1.00 bits per heavy atom. The van der Waals surface area contributed by atoms with Gasteiger partial charge in [0.15, 0.2) is 0 Å². The third-order valence-corrected chi connectivity index (χ3v) is 2.90. The Kier molecular flexibility index (Phi) is 1.69. The number of nitrogens with zero attached hydrogens (tertiary/aromatic N) is 1. The van der Waals surface area contributed by atoms with Gasteiger partial charge in [-0.25, -0.2) is 0 Å². The highest BCUT2D eigenvalue weighted by Gasteiger charge is 2.36. The summed E-state index contributed by atoms with van der Waals surface area (Å²) in [5.74, 6) is -1.46. The lowest BCUT2D eigenvalue weighted by Gasteiger charge is -1.99. The molecule has 0 saturated carbocycles. The van der Waals surface area contributed by atoms with E-state index in [4.69, 9.17) is 0 Å². The van der Waals surface area contributed by atoms with Gasteiger partial charge in [0.05, 0.1) is 4.92 Å². The van der Waals surface area contributed by atoms with E-state index in [1.165, 1.54) is 12.1 Å². The van der Waals surface area contributed by atoms with Gasteiger partial charge in [0, 0.05) is 17.0 Å². The maximum absolute atomic E-state index is 11.7. The van der Waals surface area contributed by atoms with Crippen molar-refractivity contribution in [1.29, 1.82) is 0 Å². The smallest absolute Gasteiger partial charge is 0.281 e. The van der Waals surface area contributed by atoms with Crippen LogP contribution in [0.15, 0.2) is 30.3 Å². The molecule has 5 heteroatoms. The van der Waals surface area contributed by atoms with Gasteiger partial charge in [-0.05, 0) is 11.5 Å². The molecule has 82 valence electrons. The van der Waals surface area contributed by atoms with Crippen molar-refractivity contribution in [3.05, 3.63) is 51.6 Å². The predicted octanol–water partition coefficient (Wildman–Crippen LogP) is 2.13. The van der Waals surface area contributed by atoms with E-state index < -0.39 is 16.5 Å². The maximum atomic E-state index is 11.7. The first-order valence-electron chi connectivity index (χ1n) is 4.90. The van der Waals surface area contributed by atoms with Crippen molar-refractivity contribution in [3.8, 4) is 0 Å². The van der Waals surface area contributed by atoms with Gasteiger partial charge in [-0.15, -0.1) is 0 Å². The molecule has 0 unspecified atom stereocenters. The third kappa shape index (κ3) is 1.08. The lowest BCUT2D eigenvalue weighted by Crippen LogP contribution is -2.08. The quantitative estimate of drug-likeness (QED) is 0.424.